The molecular formula is C12H14O4. The Labute approximate surface area is 94.1 Å². The first-order chi connectivity index (χ1) is 7.76. The third-order valence-corrected chi connectivity index (χ3v) is 2.46. The summed E-state index contributed by atoms with van der Waals surface area (Å²) in [6.07, 6.45) is 1.56. The molecule has 1 aliphatic heterocycles. The van der Waals surface area contributed by atoms with Crippen molar-refractivity contribution in [3.8, 4) is 17.2 Å². The van der Waals surface area contributed by atoms with E-state index in [1.54, 1.807) is 25.3 Å². The van der Waals surface area contributed by atoms with E-state index in [9.17, 15) is 5.11 Å². The fourth-order valence-corrected chi connectivity index (χ4v) is 1.64. The average Bonchev–Trinajstić information content (AvgIpc) is 2.75. The van der Waals surface area contributed by atoms with E-state index in [0.717, 1.165) is 5.56 Å². The van der Waals surface area contributed by atoms with Crippen molar-refractivity contribution in [2.75, 3.05) is 13.9 Å². The summed E-state index contributed by atoms with van der Waals surface area (Å²) in [6.45, 7) is 3.78. The highest BCUT2D eigenvalue weighted by Crippen LogP contribution is 2.43. The molecule has 4 nitrogen and oxygen atoms in total. The number of hydrogen-bond acceptors (Lipinski definition) is 4. The van der Waals surface area contributed by atoms with Crippen LogP contribution in [0, 0.1) is 0 Å². The van der Waals surface area contributed by atoms with Crippen LogP contribution in [0.2, 0.25) is 0 Å². The summed E-state index contributed by atoms with van der Waals surface area (Å²) >= 11 is 0. The highest BCUT2D eigenvalue weighted by molar-refractivity contribution is 5.55. The van der Waals surface area contributed by atoms with Crippen molar-refractivity contribution >= 4 is 0 Å². The van der Waals surface area contributed by atoms with Gasteiger partial charge in [0.1, 0.15) is 0 Å². The summed E-state index contributed by atoms with van der Waals surface area (Å²) in [5, 5.41) is 9.85. The van der Waals surface area contributed by atoms with Crippen molar-refractivity contribution in [3.05, 3.63) is 30.4 Å². The highest BCUT2D eigenvalue weighted by Gasteiger charge is 2.21. The van der Waals surface area contributed by atoms with E-state index < -0.39 is 6.10 Å². The van der Waals surface area contributed by atoms with Crippen molar-refractivity contribution in [2.24, 2.45) is 0 Å². The molecule has 0 saturated carbocycles. The second-order valence-corrected chi connectivity index (χ2v) is 3.50. The number of benzene rings is 1. The van der Waals surface area contributed by atoms with Crippen molar-refractivity contribution in [3.63, 3.8) is 0 Å². The van der Waals surface area contributed by atoms with Gasteiger partial charge in [-0.2, -0.15) is 0 Å². The molecule has 0 amide bonds. The molecule has 0 bridgehead atoms. The van der Waals surface area contributed by atoms with Gasteiger partial charge in [-0.25, -0.2) is 0 Å². The van der Waals surface area contributed by atoms with Gasteiger partial charge in [-0.15, -0.1) is 6.58 Å². The first-order valence-electron chi connectivity index (χ1n) is 5.02. The van der Waals surface area contributed by atoms with E-state index in [2.05, 4.69) is 6.58 Å². The number of hydrogen-bond donors (Lipinski definition) is 1. The third-order valence-electron chi connectivity index (χ3n) is 2.46. The molecule has 0 spiro atoms. The SMILES string of the molecule is C=CCC(O)c1cc(OC)c2c(c1)OCO2. The molecule has 0 aromatic heterocycles. The molecule has 1 aliphatic rings. The summed E-state index contributed by atoms with van der Waals surface area (Å²) in [6, 6.07) is 3.51. The molecule has 1 aromatic rings. The van der Waals surface area contributed by atoms with Crippen LogP contribution in [0.4, 0.5) is 0 Å². The van der Waals surface area contributed by atoms with Gasteiger partial charge < -0.3 is 19.3 Å². The molecule has 1 atom stereocenters. The van der Waals surface area contributed by atoms with Gasteiger partial charge in [0.15, 0.2) is 11.5 Å². The predicted molar refractivity (Wildman–Crippen MR) is 58.9 cm³/mol. The molecule has 1 heterocycles. The fourth-order valence-electron chi connectivity index (χ4n) is 1.64. The lowest BCUT2D eigenvalue weighted by atomic mass is 10.1. The van der Waals surface area contributed by atoms with Gasteiger partial charge in [0, 0.05) is 0 Å². The van der Waals surface area contributed by atoms with Crippen LogP contribution < -0.4 is 14.2 Å². The third kappa shape index (κ3) is 1.84. The van der Waals surface area contributed by atoms with E-state index in [0.29, 0.717) is 23.7 Å². The Morgan fingerprint density at radius 2 is 2.38 bits per heavy atom. The van der Waals surface area contributed by atoms with Crippen molar-refractivity contribution in [2.45, 2.75) is 12.5 Å². The Kier molecular flexibility index (Phi) is 3.01. The minimum atomic E-state index is -0.596. The van der Waals surface area contributed by atoms with E-state index in [1.165, 1.54) is 0 Å². The van der Waals surface area contributed by atoms with Gasteiger partial charge in [-0.3, -0.25) is 0 Å². The van der Waals surface area contributed by atoms with Gasteiger partial charge in [0.25, 0.3) is 0 Å². The number of aliphatic hydroxyl groups is 1. The molecule has 16 heavy (non-hydrogen) atoms. The fraction of sp³-hybridized carbons (Fsp3) is 0.333. The molecule has 1 unspecified atom stereocenters. The zero-order chi connectivity index (χ0) is 11.5. The number of aliphatic hydroxyl groups excluding tert-OH is 1. The second-order valence-electron chi connectivity index (χ2n) is 3.50. The molecule has 0 saturated heterocycles. The number of fused-ring (bicyclic) bond motifs is 1. The van der Waals surface area contributed by atoms with Crippen LogP contribution in [0.3, 0.4) is 0 Å². The minimum absolute atomic E-state index is 0.187. The van der Waals surface area contributed by atoms with E-state index in [-0.39, 0.29) is 6.79 Å². The predicted octanol–water partition coefficient (Wildman–Crippen LogP) is 2.03. The van der Waals surface area contributed by atoms with Crippen molar-refractivity contribution in [1.82, 2.24) is 0 Å². The lowest BCUT2D eigenvalue weighted by Crippen LogP contribution is -1.97. The molecule has 2 rings (SSSR count). The smallest absolute Gasteiger partial charge is 0.231 e. The quantitative estimate of drug-likeness (QED) is 0.792. The van der Waals surface area contributed by atoms with Crippen LogP contribution in [0.15, 0.2) is 24.8 Å². The van der Waals surface area contributed by atoms with Crippen LogP contribution >= 0.6 is 0 Å². The monoisotopic (exact) mass is 222 g/mol. The number of methoxy groups -OCH3 is 1. The molecule has 1 N–H and O–H groups in total. The first-order valence-corrected chi connectivity index (χ1v) is 5.02. The summed E-state index contributed by atoms with van der Waals surface area (Å²) in [7, 11) is 1.56. The Bertz CT molecular complexity index is 400. The Morgan fingerprint density at radius 3 is 3.06 bits per heavy atom. The molecule has 86 valence electrons. The van der Waals surface area contributed by atoms with Crippen LogP contribution in [-0.4, -0.2) is 19.0 Å². The van der Waals surface area contributed by atoms with Crippen molar-refractivity contribution in [1.29, 1.82) is 0 Å². The van der Waals surface area contributed by atoms with Crippen LogP contribution in [0.1, 0.15) is 18.1 Å². The lowest BCUT2D eigenvalue weighted by Gasteiger charge is -2.11. The Morgan fingerprint density at radius 1 is 1.56 bits per heavy atom. The van der Waals surface area contributed by atoms with Gasteiger partial charge >= 0.3 is 0 Å². The van der Waals surface area contributed by atoms with Crippen LogP contribution in [-0.2, 0) is 0 Å². The maximum Gasteiger partial charge on any atom is 0.231 e. The number of rotatable bonds is 4. The number of ether oxygens (including phenoxy) is 3. The largest absolute Gasteiger partial charge is 0.493 e. The lowest BCUT2D eigenvalue weighted by molar-refractivity contribution is 0.170. The molecule has 0 fully saturated rings. The highest BCUT2D eigenvalue weighted by atomic mass is 16.7. The molecule has 0 aliphatic carbocycles. The zero-order valence-electron chi connectivity index (χ0n) is 9.10. The van der Waals surface area contributed by atoms with Crippen molar-refractivity contribution < 1.29 is 19.3 Å². The maximum absolute atomic E-state index is 9.85. The van der Waals surface area contributed by atoms with E-state index in [1.807, 2.05) is 0 Å². The Hall–Kier alpha value is -1.68. The van der Waals surface area contributed by atoms with Gasteiger partial charge in [0.05, 0.1) is 13.2 Å². The van der Waals surface area contributed by atoms with E-state index >= 15 is 0 Å². The van der Waals surface area contributed by atoms with E-state index in [4.69, 9.17) is 14.2 Å². The normalized spacial score (nSPS) is 14.6. The second kappa shape index (κ2) is 4.45. The maximum atomic E-state index is 9.85. The molecule has 1 aromatic carbocycles. The standard InChI is InChI=1S/C12H14O4/c1-3-4-9(13)8-5-10(14-2)12-11(6-8)15-7-16-12/h3,5-6,9,13H,1,4,7H2,2H3. The van der Waals surface area contributed by atoms with Crippen LogP contribution in [0.5, 0.6) is 17.2 Å². The molecular weight excluding hydrogens is 208 g/mol. The minimum Gasteiger partial charge on any atom is -0.493 e. The summed E-state index contributed by atoms with van der Waals surface area (Å²) in [4.78, 5) is 0. The van der Waals surface area contributed by atoms with Gasteiger partial charge in [-0.05, 0) is 24.1 Å². The summed E-state index contributed by atoms with van der Waals surface area (Å²) in [5.41, 5.74) is 0.737. The average molecular weight is 222 g/mol. The molecule has 0 radical (unpaired) electrons. The van der Waals surface area contributed by atoms with Crippen LogP contribution in [0.25, 0.3) is 0 Å². The first kappa shape index (κ1) is 10.8. The topological polar surface area (TPSA) is 47.9 Å². The molecule has 4 heteroatoms. The van der Waals surface area contributed by atoms with Gasteiger partial charge in [0.2, 0.25) is 12.5 Å². The zero-order valence-corrected chi connectivity index (χ0v) is 9.10. The van der Waals surface area contributed by atoms with Gasteiger partial charge in [-0.1, -0.05) is 6.08 Å². The summed E-state index contributed by atoms with van der Waals surface area (Å²) in [5.74, 6) is 1.78. The Balaban J connectivity index is 2.37. The summed E-state index contributed by atoms with van der Waals surface area (Å²) < 4.78 is 15.7.